The van der Waals surface area contributed by atoms with Crippen molar-refractivity contribution in [1.82, 2.24) is 24.9 Å². The Morgan fingerprint density at radius 1 is 1.38 bits per heavy atom. The predicted octanol–water partition coefficient (Wildman–Crippen LogP) is 0.783. The third-order valence-electron chi connectivity index (χ3n) is 4.47. The van der Waals surface area contributed by atoms with E-state index in [2.05, 4.69) is 22.5 Å². The van der Waals surface area contributed by atoms with Gasteiger partial charge in [-0.15, -0.1) is 0 Å². The van der Waals surface area contributed by atoms with E-state index >= 15 is 0 Å². The van der Waals surface area contributed by atoms with E-state index in [-0.39, 0.29) is 6.03 Å². The van der Waals surface area contributed by atoms with Gasteiger partial charge in [0.1, 0.15) is 0 Å². The summed E-state index contributed by atoms with van der Waals surface area (Å²) >= 11 is 0. The van der Waals surface area contributed by atoms with Gasteiger partial charge in [-0.1, -0.05) is 18.2 Å². The molecule has 1 unspecified atom stereocenters. The SMILES string of the molecule is Cn1nc(CN2CC3CNCCN3C2=O)c2ccccc21. The molecule has 1 aromatic carbocycles. The topological polar surface area (TPSA) is 53.4 Å². The number of fused-ring (bicyclic) bond motifs is 2. The lowest BCUT2D eigenvalue weighted by atomic mass is 10.2. The van der Waals surface area contributed by atoms with Gasteiger partial charge in [0.2, 0.25) is 0 Å². The van der Waals surface area contributed by atoms with Crippen LogP contribution in [-0.4, -0.2) is 57.8 Å². The van der Waals surface area contributed by atoms with Crippen LogP contribution >= 0.6 is 0 Å². The molecule has 2 aliphatic rings. The molecule has 4 rings (SSSR count). The second-order valence-electron chi connectivity index (χ2n) is 5.80. The van der Waals surface area contributed by atoms with Gasteiger partial charge in [-0.05, 0) is 6.07 Å². The fraction of sp³-hybridized carbons (Fsp3) is 0.467. The Labute approximate surface area is 123 Å². The molecule has 2 fully saturated rings. The molecular formula is C15H19N5O. The largest absolute Gasteiger partial charge is 0.320 e. The molecule has 1 N–H and O–H groups in total. The number of aryl methyl sites for hydroxylation is 1. The quantitative estimate of drug-likeness (QED) is 0.887. The van der Waals surface area contributed by atoms with Gasteiger partial charge in [0.15, 0.2) is 0 Å². The summed E-state index contributed by atoms with van der Waals surface area (Å²) in [5, 5.41) is 9.08. The van der Waals surface area contributed by atoms with Crippen molar-refractivity contribution in [3.63, 3.8) is 0 Å². The zero-order valence-corrected chi connectivity index (χ0v) is 12.1. The summed E-state index contributed by atoms with van der Waals surface area (Å²) in [6, 6.07) is 8.63. The Bertz CT molecular complexity index is 694. The summed E-state index contributed by atoms with van der Waals surface area (Å²) in [5.74, 6) is 0. The van der Waals surface area contributed by atoms with Crippen molar-refractivity contribution >= 4 is 16.9 Å². The zero-order valence-electron chi connectivity index (χ0n) is 12.1. The molecular weight excluding hydrogens is 266 g/mol. The van der Waals surface area contributed by atoms with Crippen molar-refractivity contribution in [3.8, 4) is 0 Å². The normalized spacial score (nSPS) is 22.1. The molecule has 6 nitrogen and oxygen atoms in total. The number of para-hydroxylation sites is 1. The van der Waals surface area contributed by atoms with Gasteiger partial charge in [-0.2, -0.15) is 5.10 Å². The molecule has 21 heavy (non-hydrogen) atoms. The van der Waals surface area contributed by atoms with Gasteiger partial charge in [0.05, 0.1) is 23.8 Å². The van der Waals surface area contributed by atoms with E-state index in [1.54, 1.807) is 0 Å². The van der Waals surface area contributed by atoms with Crippen molar-refractivity contribution in [2.45, 2.75) is 12.6 Å². The third kappa shape index (κ3) is 1.98. The second-order valence-corrected chi connectivity index (χ2v) is 5.80. The molecule has 0 aliphatic carbocycles. The first kappa shape index (κ1) is 12.6. The van der Waals surface area contributed by atoms with Crippen LogP contribution in [-0.2, 0) is 13.6 Å². The summed E-state index contributed by atoms with van der Waals surface area (Å²) in [7, 11) is 1.95. The van der Waals surface area contributed by atoms with E-state index in [0.29, 0.717) is 12.6 Å². The molecule has 0 radical (unpaired) electrons. The summed E-state index contributed by atoms with van der Waals surface area (Å²) < 4.78 is 1.89. The Balaban J connectivity index is 1.62. The van der Waals surface area contributed by atoms with Crippen LogP contribution < -0.4 is 5.32 Å². The summed E-state index contributed by atoms with van der Waals surface area (Å²) in [5.41, 5.74) is 2.09. The highest BCUT2D eigenvalue weighted by atomic mass is 16.2. The minimum Gasteiger partial charge on any atom is -0.317 e. The van der Waals surface area contributed by atoms with Crippen LogP contribution in [0.25, 0.3) is 10.9 Å². The number of amides is 2. The highest BCUT2D eigenvalue weighted by Crippen LogP contribution is 2.23. The number of urea groups is 1. The number of piperazine rings is 1. The maximum absolute atomic E-state index is 12.5. The minimum atomic E-state index is 0.149. The minimum absolute atomic E-state index is 0.149. The molecule has 6 heteroatoms. The monoisotopic (exact) mass is 285 g/mol. The number of hydrogen-bond acceptors (Lipinski definition) is 3. The van der Waals surface area contributed by atoms with Gasteiger partial charge in [0.25, 0.3) is 0 Å². The van der Waals surface area contributed by atoms with Crippen molar-refractivity contribution in [2.75, 3.05) is 26.2 Å². The number of rotatable bonds is 2. The molecule has 1 aromatic heterocycles. The number of hydrogen-bond donors (Lipinski definition) is 1. The van der Waals surface area contributed by atoms with Crippen LogP contribution in [0.4, 0.5) is 4.79 Å². The average molecular weight is 285 g/mol. The maximum atomic E-state index is 12.5. The van der Waals surface area contributed by atoms with Crippen LogP contribution in [0.2, 0.25) is 0 Å². The van der Waals surface area contributed by atoms with Crippen LogP contribution in [0.1, 0.15) is 5.69 Å². The lowest BCUT2D eigenvalue weighted by Gasteiger charge is -2.28. The summed E-state index contributed by atoms with van der Waals surface area (Å²) in [6.07, 6.45) is 0. The molecule has 2 saturated heterocycles. The second kappa shape index (κ2) is 4.73. The number of nitrogens with one attached hydrogen (secondary N) is 1. The molecule has 2 aromatic rings. The lowest BCUT2D eigenvalue weighted by Crippen LogP contribution is -2.49. The van der Waals surface area contributed by atoms with Gasteiger partial charge in [-0.3, -0.25) is 4.68 Å². The van der Waals surface area contributed by atoms with Crippen molar-refractivity contribution in [1.29, 1.82) is 0 Å². The molecule has 0 saturated carbocycles. The molecule has 1 atom stereocenters. The van der Waals surface area contributed by atoms with Crippen LogP contribution in [0.3, 0.4) is 0 Å². The molecule has 110 valence electrons. The molecule has 0 bridgehead atoms. The van der Waals surface area contributed by atoms with E-state index < -0.39 is 0 Å². The van der Waals surface area contributed by atoms with Gasteiger partial charge >= 0.3 is 6.03 Å². The van der Waals surface area contributed by atoms with Crippen LogP contribution in [0.5, 0.6) is 0 Å². The number of aromatic nitrogens is 2. The Kier molecular flexibility index (Phi) is 2.85. The van der Waals surface area contributed by atoms with E-state index in [4.69, 9.17) is 0 Å². The van der Waals surface area contributed by atoms with Gasteiger partial charge in [-0.25, -0.2) is 4.79 Å². The van der Waals surface area contributed by atoms with Crippen molar-refractivity contribution in [2.24, 2.45) is 7.05 Å². The fourth-order valence-electron chi connectivity index (χ4n) is 3.41. The smallest absolute Gasteiger partial charge is 0.317 e. The number of carbonyl (C=O) groups is 1. The zero-order chi connectivity index (χ0) is 14.4. The number of nitrogens with zero attached hydrogens (tertiary/aromatic N) is 4. The lowest BCUT2D eigenvalue weighted by molar-refractivity contribution is 0.178. The summed E-state index contributed by atoms with van der Waals surface area (Å²) in [6.45, 7) is 3.97. The molecule has 2 aliphatic heterocycles. The first-order chi connectivity index (χ1) is 10.2. The van der Waals surface area contributed by atoms with E-state index in [1.165, 1.54) is 0 Å². The van der Waals surface area contributed by atoms with Gasteiger partial charge in [0, 0.05) is 38.6 Å². The van der Waals surface area contributed by atoms with Crippen LogP contribution in [0, 0.1) is 0 Å². The Morgan fingerprint density at radius 3 is 3.10 bits per heavy atom. The van der Waals surface area contributed by atoms with Gasteiger partial charge < -0.3 is 15.1 Å². The highest BCUT2D eigenvalue weighted by Gasteiger charge is 2.38. The average Bonchev–Trinajstić information content (AvgIpc) is 2.99. The maximum Gasteiger partial charge on any atom is 0.320 e. The molecule has 2 amide bonds. The van der Waals surface area contributed by atoms with Crippen molar-refractivity contribution in [3.05, 3.63) is 30.0 Å². The summed E-state index contributed by atoms with van der Waals surface area (Å²) in [4.78, 5) is 16.4. The van der Waals surface area contributed by atoms with E-state index in [0.717, 1.165) is 42.8 Å². The Hall–Kier alpha value is -2.08. The standard InChI is InChI=1S/C15H19N5O/c1-18-14-5-3-2-4-12(14)13(17-18)10-19-9-11-8-16-6-7-20(11)15(19)21/h2-5,11,16H,6-10H2,1H3. The highest BCUT2D eigenvalue weighted by molar-refractivity contribution is 5.83. The van der Waals surface area contributed by atoms with Crippen LogP contribution in [0.15, 0.2) is 24.3 Å². The first-order valence-electron chi connectivity index (χ1n) is 7.41. The number of benzene rings is 1. The number of carbonyl (C=O) groups excluding carboxylic acids is 1. The molecule has 0 spiro atoms. The van der Waals surface area contributed by atoms with E-state index in [1.807, 2.05) is 33.7 Å². The first-order valence-corrected chi connectivity index (χ1v) is 7.41. The fourth-order valence-corrected chi connectivity index (χ4v) is 3.41. The van der Waals surface area contributed by atoms with Crippen molar-refractivity contribution < 1.29 is 4.79 Å². The third-order valence-corrected chi connectivity index (χ3v) is 4.47. The predicted molar refractivity (Wildman–Crippen MR) is 79.9 cm³/mol. The molecule has 3 heterocycles. The van der Waals surface area contributed by atoms with E-state index in [9.17, 15) is 4.79 Å². The Morgan fingerprint density at radius 2 is 2.24 bits per heavy atom.